The summed E-state index contributed by atoms with van der Waals surface area (Å²) in [6.45, 7) is 0.128. The van der Waals surface area contributed by atoms with Crippen LogP contribution in [0.15, 0.2) is 48.2 Å². The fourth-order valence-electron chi connectivity index (χ4n) is 2.46. The van der Waals surface area contributed by atoms with Crippen LogP contribution in [0.4, 0.5) is 4.79 Å². The van der Waals surface area contributed by atoms with Crippen molar-refractivity contribution in [3.63, 3.8) is 0 Å². The average Bonchev–Trinajstić information content (AvgIpc) is 2.86. The molecule has 128 valence electrons. The SMILES string of the molecule is COc1cccc(/C=C2/NC(=O)N(Cc3ccc(Cl)cc3)C2=O)c1O. The van der Waals surface area contributed by atoms with Crippen LogP contribution in [-0.2, 0) is 11.3 Å². The summed E-state index contributed by atoms with van der Waals surface area (Å²) in [4.78, 5) is 25.7. The number of nitrogens with one attached hydrogen (secondary N) is 1. The minimum Gasteiger partial charge on any atom is -0.504 e. The zero-order valence-electron chi connectivity index (χ0n) is 13.3. The van der Waals surface area contributed by atoms with Gasteiger partial charge < -0.3 is 15.2 Å². The van der Waals surface area contributed by atoms with Gasteiger partial charge in [-0.3, -0.25) is 9.69 Å². The topological polar surface area (TPSA) is 78.9 Å². The van der Waals surface area contributed by atoms with Crippen molar-refractivity contribution in [2.45, 2.75) is 6.54 Å². The van der Waals surface area contributed by atoms with E-state index in [-0.39, 0.29) is 23.7 Å². The number of imide groups is 1. The molecule has 1 aliphatic heterocycles. The second kappa shape index (κ2) is 6.86. The summed E-state index contributed by atoms with van der Waals surface area (Å²) in [5.41, 5.74) is 1.23. The Morgan fingerprint density at radius 3 is 2.60 bits per heavy atom. The number of amides is 3. The lowest BCUT2D eigenvalue weighted by atomic mass is 10.1. The third kappa shape index (κ3) is 3.44. The number of carbonyl (C=O) groups excluding carboxylic acids is 2. The molecule has 0 unspecified atom stereocenters. The van der Waals surface area contributed by atoms with Gasteiger partial charge >= 0.3 is 6.03 Å². The molecule has 3 amide bonds. The number of phenols is 1. The number of halogens is 1. The van der Waals surface area contributed by atoms with Crippen LogP contribution < -0.4 is 10.1 Å². The number of hydrogen-bond donors (Lipinski definition) is 2. The van der Waals surface area contributed by atoms with Gasteiger partial charge in [0.1, 0.15) is 5.70 Å². The first-order valence-electron chi connectivity index (χ1n) is 7.44. The van der Waals surface area contributed by atoms with Crippen LogP contribution in [0.3, 0.4) is 0 Å². The quantitative estimate of drug-likeness (QED) is 0.650. The van der Waals surface area contributed by atoms with Crippen molar-refractivity contribution in [3.8, 4) is 11.5 Å². The predicted octanol–water partition coefficient (Wildman–Crippen LogP) is 3.15. The van der Waals surface area contributed by atoms with Crippen LogP contribution in [0, 0.1) is 0 Å². The molecule has 2 aromatic carbocycles. The summed E-state index contributed by atoms with van der Waals surface area (Å²) in [5.74, 6) is -0.290. The number of urea groups is 1. The standard InChI is InChI=1S/C18H15ClN2O4/c1-25-15-4-2-3-12(16(15)22)9-14-17(23)21(18(24)20-14)10-11-5-7-13(19)8-6-11/h2-9,22H,10H2,1H3,(H,20,24)/b14-9+. The third-order valence-electron chi connectivity index (χ3n) is 3.77. The van der Waals surface area contributed by atoms with Gasteiger partial charge in [0.2, 0.25) is 0 Å². The smallest absolute Gasteiger partial charge is 0.329 e. The second-order valence-corrected chi connectivity index (χ2v) is 5.84. The van der Waals surface area contributed by atoms with Gasteiger partial charge in [-0.15, -0.1) is 0 Å². The van der Waals surface area contributed by atoms with Crippen LogP contribution in [0.1, 0.15) is 11.1 Å². The molecule has 0 bridgehead atoms. The summed E-state index contributed by atoms with van der Waals surface area (Å²) in [7, 11) is 1.43. The van der Waals surface area contributed by atoms with Gasteiger partial charge in [-0.05, 0) is 29.8 Å². The molecule has 0 radical (unpaired) electrons. The van der Waals surface area contributed by atoms with Crippen molar-refractivity contribution >= 4 is 29.6 Å². The van der Waals surface area contributed by atoms with Crippen molar-refractivity contribution in [2.75, 3.05) is 7.11 Å². The van der Waals surface area contributed by atoms with E-state index < -0.39 is 11.9 Å². The molecule has 1 heterocycles. The number of aromatic hydroxyl groups is 1. The van der Waals surface area contributed by atoms with Gasteiger partial charge in [-0.2, -0.15) is 0 Å². The van der Waals surface area contributed by atoms with E-state index in [4.69, 9.17) is 16.3 Å². The summed E-state index contributed by atoms with van der Waals surface area (Å²) >= 11 is 5.84. The molecule has 2 aromatic rings. The summed E-state index contributed by atoms with van der Waals surface area (Å²) in [6, 6.07) is 11.3. The average molecular weight is 359 g/mol. The van der Waals surface area contributed by atoms with E-state index in [0.717, 1.165) is 10.5 Å². The van der Waals surface area contributed by atoms with E-state index in [2.05, 4.69) is 5.32 Å². The first-order valence-corrected chi connectivity index (χ1v) is 7.82. The highest BCUT2D eigenvalue weighted by Crippen LogP contribution is 2.31. The van der Waals surface area contributed by atoms with E-state index in [9.17, 15) is 14.7 Å². The molecule has 25 heavy (non-hydrogen) atoms. The van der Waals surface area contributed by atoms with Gasteiger partial charge in [-0.25, -0.2) is 4.79 Å². The Hall–Kier alpha value is -2.99. The minimum atomic E-state index is -0.520. The van der Waals surface area contributed by atoms with Crippen LogP contribution in [0.25, 0.3) is 6.08 Å². The van der Waals surface area contributed by atoms with Gasteiger partial charge in [-0.1, -0.05) is 35.9 Å². The molecule has 2 N–H and O–H groups in total. The number of rotatable bonds is 4. The fourth-order valence-corrected chi connectivity index (χ4v) is 2.59. The molecule has 1 fully saturated rings. The number of methoxy groups -OCH3 is 1. The van der Waals surface area contributed by atoms with Crippen molar-refractivity contribution in [1.82, 2.24) is 10.2 Å². The molecule has 0 spiro atoms. The van der Waals surface area contributed by atoms with E-state index in [0.29, 0.717) is 10.6 Å². The number of phenolic OH excluding ortho intramolecular Hbond substituents is 1. The number of ether oxygens (including phenoxy) is 1. The van der Waals surface area contributed by atoms with Crippen LogP contribution in [-0.4, -0.2) is 29.1 Å². The highest BCUT2D eigenvalue weighted by molar-refractivity contribution is 6.30. The first-order chi connectivity index (χ1) is 12.0. The Labute approximate surface area is 149 Å². The highest BCUT2D eigenvalue weighted by Gasteiger charge is 2.33. The Kier molecular flexibility index (Phi) is 4.63. The normalized spacial score (nSPS) is 15.6. The van der Waals surface area contributed by atoms with E-state index in [1.165, 1.54) is 13.2 Å². The third-order valence-corrected chi connectivity index (χ3v) is 4.02. The van der Waals surface area contributed by atoms with E-state index >= 15 is 0 Å². The molecule has 7 heteroatoms. The molecular formula is C18H15ClN2O4. The van der Waals surface area contributed by atoms with Crippen LogP contribution in [0.5, 0.6) is 11.5 Å². The minimum absolute atomic E-state index is 0.0857. The Balaban J connectivity index is 1.84. The van der Waals surface area contributed by atoms with Crippen molar-refractivity contribution < 1.29 is 19.4 Å². The molecular weight excluding hydrogens is 344 g/mol. The second-order valence-electron chi connectivity index (χ2n) is 5.40. The first kappa shape index (κ1) is 16.9. The van der Waals surface area contributed by atoms with Gasteiger partial charge in [0, 0.05) is 10.6 Å². The summed E-state index contributed by atoms with van der Waals surface area (Å²) < 4.78 is 5.04. The summed E-state index contributed by atoms with van der Waals surface area (Å²) in [6.07, 6.45) is 1.42. The predicted molar refractivity (Wildman–Crippen MR) is 93.2 cm³/mol. The molecule has 1 aliphatic rings. The lowest BCUT2D eigenvalue weighted by molar-refractivity contribution is -0.123. The maximum absolute atomic E-state index is 12.5. The van der Waals surface area contributed by atoms with Crippen LogP contribution in [0.2, 0.25) is 5.02 Å². The maximum Gasteiger partial charge on any atom is 0.329 e. The molecule has 0 aliphatic carbocycles. The molecule has 0 aromatic heterocycles. The number of benzene rings is 2. The zero-order valence-corrected chi connectivity index (χ0v) is 14.1. The maximum atomic E-state index is 12.5. The molecule has 6 nitrogen and oxygen atoms in total. The zero-order chi connectivity index (χ0) is 18.0. The van der Waals surface area contributed by atoms with Crippen molar-refractivity contribution in [1.29, 1.82) is 0 Å². The number of carbonyl (C=O) groups is 2. The monoisotopic (exact) mass is 358 g/mol. The fraction of sp³-hybridized carbons (Fsp3) is 0.111. The van der Waals surface area contributed by atoms with Gasteiger partial charge in [0.25, 0.3) is 5.91 Å². The summed E-state index contributed by atoms with van der Waals surface area (Å²) in [5, 5.41) is 13.2. The molecule has 0 saturated carbocycles. The van der Waals surface area contributed by atoms with E-state index in [1.54, 1.807) is 42.5 Å². The Bertz CT molecular complexity index is 862. The lowest BCUT2D eigenvalue weighted by Crippen LogP contribution is -2.30. The Morgan fingerprint density at radius 1 is 1.20 bits per heavy atom. The number of nitrogens with zero attached hydrogens (tertiary/aromatic N) is 1. The van der Waals surface area contributed by atoms with Gasteiger partial charge in [0.15, 0.2) is 11.5 Å². The Morgan fingerprint density at radius 2 is 1.92 bits per heavy atom. The van der Waals surface area contributed by atoms with E-state index in [1.807, 2.05) is 0 Å². The highest BCUT2D eigenvalue weighted by atomic mass is 35.5. The number of para-hydroxylation sites is 1. The largest absolute Gasteiger partial charge is 0.504 e. The van der Waals surface area contributed by atoms with Gasteiger partial charge in [0.05, 0.1) is 13.7 Å². The molecule has 3 rings (SSSR count). The number of hydrogen-bond acceptors (Lipinski definition) is 4. The van der Waals surface area contributed by atoms with Crippen molar-refractivity contribution in [3.05, 3.63) is 64.3 Å². The molecule has 0 atom stereocenters. The van der Waals surface area contributed by atoms with Crippen molar-refractivity contribution in [2.24, 2.45) is 0 Å². The molecule has 1 saturated heterocycles. The van der Waals surface area contributed by atoms with Crippen LogP contribution >= 0.6 is 11.6 Å². The lowest BCUT2D eigenvalue weighted by Gasteiger charge is -2.11.